The first kappa shape index (κ1) is 17.5. The minimum atomic E-state index is -0.562. The molecule has 0 radical (unpaired) electrons. The third kappa shape index (κ3) is 3.68. The normalized spacial score (nSPS) is 26.1. The summed E-state index contributed by atoms with van der Waals surface area (Å²) in [6, 6.07) is 4.58. The predicted molar refractivity (Wildman–Crippen MR) is 90.1 cm³/mol. The van der Waals surface area contributed by atoms with E-state index in [1.165, 1.54) is 17.9 Å². The summed E-state index contributed by atoms with van der Waals surface area (Å²) in [5.74, 6) is -0.564. The molecule has 0 unspecified atom stereocenters. The number of hydrogen-bond donors (Lipinski definition) is 2. The number of β-amino-alcohol motifs (C(OH)–C–C–N with tert-alkyl or cyclic N) is 1. The number of amides is 2. The Morgan fingerprint density at radius 2 is 2.16 bits per heavy atom. The summed E-state index contributed by atoms with van der Waals surface area (Å²) in [4.78, 5) is 26.1. The Morgan fingerprint density at radius 3 is 2.76 bits per heavy atom. The Hall–Kier alpha value is -2.35. The summed E-state index contributed by atoms with van der Waals surface area (Å²) in [7, 11) is 0. The number of nitrogens with zero attached hydrogens (tertiary/aromatic N) is 2. The highest BCUT2D eigenvalue weighted by molar-refractivity contribution is 5.90. The molecular weight excluding hydrogens is 329 g/mol. The summed E-state index contributed by atoms with van der Waals surface area (Å²) in [6.07, 6.45) is -1.50. The summed E-state index contributed by atoms with van der Waals surface area (Å²) in [5.41, 5.74) is 0.818. The Labute approximate surface area is 145 Å². The van der Waals surface area contributed by atoms with Gasteiger partial charge in [-0.3, -0.25) is 9.69 Å². The highest BCUT2D eigenvalue weighted by Gasteiger charge is 2.34. The summed E-state index contributed by atoms with van der Waals surface area (Å²) in [6.45, 7) is 4.76. The van der Waals surface area contributed by atoms with Gasteiger partial charge in [0.15, 0.2) is 0 Å². The molecule has 2 heterocycles. The van der Waals surface area contributed by atoms with E-state index in [1.807, 2.05) is 6.92 Å². The molecule has 2 aliphatic heterocycles. The minimum absolute atomic E-state index is 0.0853. The number of ether oxygens (including phenoxy) is 1. The van der Waals surface area contributed by atoms with Crippen LogP contribution < -0.4 is 15.1 Å². The van der Waals surface area contributed by atoms with E-state index < -0.39 is 24.1 Å². The Kier molecular flexibility index (Phi) is 4.80. The molecule has 1 aromatic carbocycles. The first-order chi connectivity index (χ1) is 11.8. The van der Waals surface area contributed by atoms with Gasteiger partial charge in [0.1, 0.15) is 11.9 Å². The number of rotatable bonds is 4. The Balaban J connectivity index is 1.70. The minimum Gasteiger partial charge on any atom is -0.442 e. The number of aliphatic hydroxyl groups excluding tert-OH is 1. The third-order valence-corrected chi connectivity index (χ3v) is 4.61. The topological polar surface area (TPSA) is 82.1 Å². The van der Waals surface area contributed by atoms with E-state index in [4.69, 9.17) is 4.74 Å². The van der Waals surface area contributed by atoms with Crippen LogP contribution in [0.3, 0.4) is 0 Å². The molecule has 2 amide bonds. The number of anilines is 2. The van der Waals surface area contributed by atoms with Crippen molar-refractivity contribution in [2.45, 2.75) is 26.1 Å². The van der Waals surface area contributed by atoms with E-state index in [1.54, 1.807) is 17.0 Å². The standard InChI is InChI=1S/C17H22FN3O4/c1-10-7-20(9-16(10)23)15-4-3-12(5-14(15)18)21-8-13(25-17(21)24)6-19-11(2)22/h3-5,10,13,16,23H,6-9H2,1-2H3,(H,19,22)/t10-,13-,16+/m0/s1. The lowest BCUT2D eigenvalue weighted by atomic mass is 10.1. The second-order valence-corrected chi connectivity index (χ2v) is 6.64. The molecule has 7 nitrogen and oxygen atoms in total. The van der Waals surface area contributed by atoms with Gasteiger partial charge in [-0.15, -0.1) is 0 Å². The molecule has 2 saturated heterocycles. The van der Waals surface area contributed by atoms with Crippen molar-refractivity contribution in [3.63, 3.8) is 0 Å². The number of cyclic esters (lactones) is 1. The molecule has 2 fully saturated rings. The molecule has 0 saturated carbocycles. The molecule has 2 aliphatic rings. The van der Waals surface area contributed by atoms with Gasteiger partial charge >= 0.3 is 6.09 Å². The smallest absolute Gasteiger partial charge is 0.414 e. The van der Waals surface area contributed by atoms with Crippen LogP contribution in [-0.2, 0) is 9.53 Å². The highest BCUT2D eigenvalue weighted by Crippen LogP contribution is 2.30. The number of benzene rings is 1. The van der Waals surface area contributed by atoms with Crippen LogP contribution in [0.5, 0.6) is 0 Å². The van der Waals surface area contributed by atoms with Crippen molar-refractivity contribution >= 4 is 23.4 Å². The predicted octanol–water partition coefficient (Wildman–Crippen LogP) is 1.10. The molecule has 2 N–H and O–H groups in total. The first-order valence-corrected chi connectivity index (χ1v) is 8.30. The monoisotopic (exact) mass is 351 g/mol. The molecular formula is C17H22FN3O4. The van der Waals surface area contributed by atoms with Gasteiger partial charge in [0, 0.05) is 25.9 Å². The van der Waals surface area contributed by atoms with Crippen LogP contribution in [0.25, 0.3) is 0 Å². The van der Waals surface area contributed by atoms with E-state index in [0.29, 0.717) is 24.5 Å². The quantitative estimate of drug-likeness (QED) is 0.849. The van der Waals surface area contributed by atoms with Crippen LogP contribution in [-0.4, -0.2) is 55.5 Å². The van der Waals surface area contributed by atoms with Crippen LogP contribution in [0.4, 0.5) is 20.6 Å². The maximum absolute atomic E-state index is 14.5. The zero-order valence-electron chi connectivity index (χ0n) is 14.2. The Morgan fingerprint density at radius 1 is 1.40 bits per heavy atom. The van der Waals surface area contributed by atoms with Crippen LogP contribution in [0.15, 0.2) is 18.2 Å². The maximum atomic E-state index is 14.5. The van der Waals surface area contributed by atoms with E-state index >= 15 is 0 Å². The summed E-state index contributed by atoms with van der Waals surface area (Å²) < 4.78 is 19.7. The van der Waals surface area contributed by atoms with Crippen LogP contribution in [0.1, 0.15) is 13.8 Å². The van der Waals surface area contributed by atoms with Gasteiger partial charge in [-0.1, -0.05) is 6.92 Å². The fourth-order valence-electron chi connectivity index (χ4n) is 3.16. The summed E-state index contributed by atoms with van der Waals surface area (Å²) >= 11 is 0. The Bertz CT molecular complexity index is 674. The number of hydrogen-bond acceptors (Lipinski definition) is 5. The van der Waals surface area contributed by atoms with Gasteiger partial charge in [-0.2, -0.15) is 0 Å². The molecule has 8 heteroatoms. The zero-order chi connectivity index (χ0) is 18.1. The number of nitrogens with one attached hydrogen (secondary N) is 1. The van der Waals surface area contributed by atoms with Crippen molar-refractivity contribution in [1.29, 1.82) is 0 Å². The molecule has 0 bridgehead atoms. The first-order valence-electron chi connectivity index (χ1n) is 8.30. The van der Waals surface area contributed by atoms with Gasteiger partial charge in [0.05, 0.1) is 30.6 Å². The fraction of sp³-hybridized carbons (Fsp3) is 0.529. The molecule has 0 spiro atoms. The average Bonchev–Trinajstić information content (AvgIpc) is 3.08. The van der Waals surface area contributed by atoms with Crippen molar-refractivity contribution in [2.75, 3.05) is 36.0 Å². The second kappa shape index (κ2) is 6.87. The molecule has 25 heavy (non-hydrogen) atoms. The largest absolute Gasteiger partial charge is 0.442 e. The van der Waals surface area contributed by atoms with Gasteiger partial charge < -0.3 is 20.1 Å². The molecule has 1 aromatic rings. The third-order valence-electron chi connectivity index (χ3n) is 4.61. The lowest BCUT2D eigenvalue weighted by Crippen LogP contribution is -2.33. The van der Waals surface area contributed by atoms with E-state index in [9.17, 15) is 19.1 Å². The number of halogens is 1. The second-order valence-electron chi connectivity index (χ2n) is 6.64. The van der Waals surface area contributed by atoms with Gasteiger partial charge in [-0.05, 0) is 18.2 Å². The molecule has 0 aliphatic carbocycles. The molecule has 3 atom stereocenters. The van der Waals surface area contributed by atoms with Crippen molar-refractivity contribution in [1.82, 2.24) is 5.32 Å². The number of aliphatic hydroxyl groups is 1. The average molecular weight is 351 g/mol. The molecule has 136 valence electrons. The van der Waals surface area contributed by atoms with Crippen molar-refractivity contribution in [3.05, 3.63) is 24.0 Å². The fourth-order valence-corrected chi connectivity index (χ4v) is 3.16. The van der Waals surface area contributed by atoms with Crippen molar-refractivity contribution < 1.29 is 23.8 Å². The van der Waals surface area contributed by atoms with Crippen molar-refractivity contribution in [3.8, 4) is 0 Å². The molecule has 3 rings (SSSR count). The maximum Gasteiger partial charge on any atom is 0.414 e. The molecule has 0 aromatic heterocycles. The van der Waals surface area contributed by atoms with E-state index in [0.717, 1.165) is 0 Å². The lowest BCUT2D eigenvalue weighted by Gasteiger charge is -2.20. The number of carbonyl (C=O) groups is 2. The SMILES string of the molecule is CC(=O)NC[C@H]1CN(c2ccc(N3C[C@@H](O)[C@@H](C)C3)c(F)c2)C(=O)O1. The van der Waals surface area contributed by atoms with Gasteiger partial charge in [0.25, 0.3) is 0 Å². The van der Waals surface area contributed by atoms with Gasteiger partial charge in [0.2, 0.25) is 5.91 Å². The van der Waals surface area contributed by atoms with E-state index in [-0.39, 0.29) is 24.9 Å². The highest BCUT2D eigenvalue weighted by atomic mass is 19.1. The zero-order valence-corrected chi connectivity index (χ0v) is 14.2. The van der Waals surface area contributed by atoms with Gasteiger partial charge in [-0.25, -0.2) is 9.18 Å². The van der Waals surface area contributed by atoms with Crippen LogP contribution in [0.2, 0.25) is 0 Å². The van der Waals surface area contributed by atoms with Crippen LogP contribution >= 0.6 is 0 Å². The summed E-state index contributed by atoms with van der Waals surface area (Å²) in [5, 5.41) is 12.4. The van der Waals surface area contributed by atoms with Crippen LogP contribution in [0, 0.1) is 11.7 Å². The number of carbonyl (C=O) groups excluding carboxylic acids is 2. The van der Waals surface area contributed by atoms with E-state index in [2.05, 4.69) is 5.32 Å². The van der Waals surface area contributed by atoms with Crippen molar-refractivity contribution in [2.24, 2.45) is 5.92 Å². The lowest BCUT2D eigenvalue weighted by molar-refractivity contribution is -0.119.